The summed E-state index contributed by atoms with van der Waals surface area (Å²) in [5.41, 5.74) is 0. The maximum atomic E-state index is 11.0. The van der Waals surface area contributed by atoms with E-state index in [9.17, 15) is 4.79 Å². The predicted molar refractivity (Wildman–Crippen MR) is 47.5 cm³/mol. The highest BCUT2D eigenvalue weighted by Crippen LogP contribution is 2.06. The van der Waals surface area contributed by atoms with Crippen LogP contribution in [0.5, 0.6) is 6.01 Å². The summed E-state index contributed by atoms with van der Waals surface area (Å²) in [5.74, 6) is 0.374. The van der Waals surface area contributed by atoms with Crippen LogP contribution in [0.3, 0.4) is 0 Å². The van der Waals surface area contributed by atoms with Crippen molar-refractivity contribution < 1.29 is 9.53 Å². The lowest BCUT2D eigenvalue weighted by Gasteiger charge is -2.02. The number of nitrogens with zero attached hydrogens (tertiary/aromatic N) is 2. The second kappa shape index (κ2) is 4.39. The van der Waals surface area contributed by atoms with E-state index >= 15 is 0 Å². The third-order valence-corrected chi connectivity index (χ3v) is 1.40. The lowest BCUT2D eigenvalue weighted by atomic mass is 10.4. The topological polar surface area (TPSA) is 64.1 Å². The van der Waals surface area contributed by atoms with Crippen LogP contribution < -0.4 is 10.1 Å². The predicted octanol–water partition coefficient (Wildman–Crippen LogP) is 0.834. The second-order valence-corrected chi connectivity index (χ2v) is 2.33. The van der Waals surface area contributed by atoms with Crippen LogP contribution in [0.15, 0.2) is 12.3 Å². The summed E-state index contributed by atoms with van der Waals surface area (Å²) < 4.78 is 4.80. The molecule has 0 fully saturated rings. The number of anilines is 1. The molecule has 0 aliphatic heterocycles. The minimum Gasteiger partial charge on any atom is -0.467 e. The lowest BCUT2D eigenvalue weighted by Crippen LogP contribution is -2.11. The van der Waals surface area contributed by atoms with Crippen LogP contribution in [0.25, 0.3) is 0 Å². The van der Waals surface area contributed by atoms with Crippen LogP contribution >= 0.6 is 0 Å². The van der Waals surface area contributed by atoms with Gasteiger partial charge in [-0.1, -0.05) is 6.92 Å². The summed E-state index contributed by atoms with van der Waals surface area (Å²) in [4.78, 5) is 18.7. The Morgan fingerprint density at radius 3 is 3.08 bits per heavy atom. The quantitative estimate of drug-likeness (QED) is 0.750. The Kier molecular flexibility index (Phi) is 3.19. The first-order chi connectivity index (χ1) is 6.26. The second-order valence-electron chi connectivity index (χ2n) is 2.33. The zero-order valence-corrected chi connectivity index (χ0v) is 7.57. The van der Waals surface area contributed by atoms with Gasteiger partial charge in [-0.2, -0.15) is 4.98 Å². The summed E-state index contributed by atoms with van der Waals surface area (Å²) in [6.45, 7) is 1.77. The first-order valence-corrected chi connectivity index (χ1v) is 3.93. The van der Waals surface area contributed by atoms with Gasteiger partial charge in [-0.05, 0) is 6.07 Å². The van der Waals surface area contributed by atoms with E-state index in [1.54, 1.807) is 13.0 Å². The maximum Gasteiger partial charge on any atom is 0.318 e. The zero-order valence-electron chi connectivity index (χ0n) is 7.57. The first kappa shape index (κ1) is 9.44. The van der Waals surface area contributed by atoms with Crippen molar-refractivity contribution in [3.05, 3.63) is 12.3 Å². The van der Waals surface area contributed by atoms with E-state index in [0.29, 0.717) is 12.2 Å². The molecule has 0 bridgehead atoms. The van der Waals surface area contributed by atoms with Gasteiger partial charge in [0.25, 0.3) is 0 Å². The van der Waals surface area contributed by atoms with Gasteiger partial charge in [0.1, 0.15) is 5.82 Å². The third kappa shape index (κ3) is 2.70. The number of methoxy groups -OCH3 is 1. The van der Waals surface area contributed by atoms with Crippen LogP contribution in [-0.2, 0) is 4.79 Å². The number of ether oxygens (including phenoxy) is 1. The van der Waals surface area contributed by atoms with Gasteiger partial charge < -0.3 is 10.1 Å². The van der Waals surface area contributed by atoms with Crippen LogP contribution in [-0.4, -0.2) is 23.0 Å². The normalized spacial score (nSPS) is 9.38. The fourth-order valence-electron chi connectivity index (χ4n) is 0.740. The highest BCUT2D eigenvalue weighted by atomic mass is 16.5. The molecule has 1 aromatic heterocycles. The van der Waals surface area contributed by atoms with Crippen molar-refractivity contribution in [1.82, 2.24) is 9.97 Å². The molecule has 0 aliphatic carbocycles. The monoisotopic (exact) mass is 181 g/mol. The lowest BCUT2D eigenvalue weighted by molar-refractivity contribution is -0.115. The number of aromatic nitrogens is 2. The standard InChI is InChI=1S/C8H11N3O2/c1-3-7(12)10-6-4-5-9-8(11-6)13-2/h4-5H,3H2,1-2H3,(H,9,10,11,12). The van der Waals surface area contributed by atoms with Crippen molar-refractivity contribution >= 4 is 11.7 Å². The highest BCUT2D eigenvalue weighted by molar-refractivity contribution is 5.89. The summed E-state index contributed by atoms with van der Waals surface area (Å²) in [6.07, 6.45) is 1.95. The molecule has 0 spiro atoms. The van der Waals surface area contributed by atoms with Crippen LogP contribution in [0.2, 0.25) is 0 Å². The van der Waals surface area contributed by atoms with Crippen molar-refractivity contribution in [3.63, 3.8) is 0 Å². The first-order valence-electron chi connectivity index (χ1n) is 3.93. The van der Waals surface area contributed by atoms with Gasteiger partial charge in [-0.15, -0.1) is 0 Å². The summed E-state index contributed by atoms with van der Waals surface area (Å²) in [7, 11) is 1.47. The molecule has 1 heterocycles. The molecule has 5 nitrogen and oxygen atoms in total. The van der Waals surface area contributed by atoms with Crippen LogP contribution in [0.1, 0.15) is 13.3 Å². The molecule has 13 heavy (non-hydrogen) atoms. The zero-order chi connectivity index (χ0) is 9.68. The summed E-state index contributed by atoms with van der Waals surface area (Å²) in [5, 5.41) is 2.60. The van der Waals surface area contributed by atoms with Gasteiger partial charge >= 0.3 is 6.01 Å². The van der Waals surface area contributed by atoms with Gasteiger partial charge in [0.05, 0.1) is 7.11 Å². The molecule has 0 atom stereocenters. The number of rotatable bonds is 3. The van der Waals surface area contributed by atoms with E-state index in [1.165, 1.54) is 13.3 Å². The van der Waals surface area contributed by atoms with E-state index in [2.05, 4.69) is 15.3 Å². The molecule has 1 N–H and O–H groups in total. The number of hydrogen-bond donors (Lipinski definition) is 1. The van der Waals surface area contributed by atoms with Gasteiger partial charge in [0, 0.05) is 12.6 Å². The van der Waals surface area contributed by atoms with Gasteiger partial charge in [0.15, 0.2) is 0 Å². The van der Waals surface area contributed by atoms with Gasteiger partial charge in [-0.3, -0.25) is 4.79 Å². The Balaban J connectivity index is 2.71. The maximum absolute atomic E-state index is 11.0. The molecule has 0 aliphatic rings. The average Bonchev–Trinajstić information content (AvgIpc) is 2.18. The molecule has 1 amide bonds. The van der Waals surface area contributed by atoms with E-state index in [1.807, 2.05) is 0 Å². The van der Waals surface area contributed by atoms with Gasteiger partial charge in [0.2, 0.25) is 5.91 Å². The minimum absolute atomic E-state index is 0.0826. The fraction of sp³-hybridized carbons (Fsp3) is 0.375. The number of carbonyl (C=O) groups excluding carboxylic acids is 1. The fourth-order valence-corrected chi connectivity index (χ4v) is 0.740. The number of hydrogen-bond acceptors (Lipinski definition) is 4. The Labute approximate surface area is 76.2 Å². The molecule has 0 unspecified atom stereocenters. The minimum atomic E-state index is -0.0826. The van der Waals surface area contributed by atoms with E-state index in [4.69, 9.17) is 4.74 Å². The Morgan fingerprint density at radius 2 is 2.46 bits per heavy atom. The molecule has 0 saturated heterocycles. The summed E-state index contributed by atoms with van der Waals surface area (Å²) in [6, 6.07) is 1.85. The van der Waals surface area contributed by atoms with E-state index in [0.717, 1.165) is 0 Å². The molecule has 1 rings (SSSR count). The smallest absolute Gasteiger partial charge is 0.318 e. The van der Waals surface area contributed by atoms with Crippen molar-refractivity contribution in [3.8, 4) is 6.01 Å². The Morgan fingerprint density at radius 1 is 1.69 bits per heavy atom. The van der Waals surface area contributed by atoms with Crippen molar-refractivity contribution in [2.45, 2.75) is 13.3 Å². The van der Waals surface area contributed by atoms with Crippen molar-refractivity contribution in [1.29, 1.82) is 0 Å². The average molecular weight is 181 g/mol. The van der Waals surface area contributed by atoms with Crippen molar-refractivity contribution in [2.24, 2.45) is 0 Å². The molecule has 0 radical (unpaired) electrons. The third-order valence-electron chi connectivity index (χ3n) is 1.40. The Bertz CT molecular complexity index is 301. The van der Waals surface area contributed by atoms with Gasteiger partial charge in [-0.25, -0.2) is 4.98 Å². The molecular formula is C8H11N3O2. The van der Waals surface area contributed by atoms with Crippen LogP contribution in [0.4, 0.5) is 5.82 Å². The SMILES string of the molecule is CCC(=O)Nc1ccnc(OC)n1. The molecule has 1 aromatic rings. The molecule has 5 heteroatoms. The largest absolute Gasteiger partial charge is 0.467 e. The number of nitrogens with one attached hydrogen (secondary N) is 1. The number of amides is 1. The summed E-state index contributed by atoms with van der Waals surface area (Å²) >= 11 is 0. The molecular weight excluding hydrogens is 170 g/mol. The van der Waals surface area contributed by atoms with E-state index in [-0.39, 0.29) is 11.9 Å². The molecule has 0 aromatic carbocycles. The van der Waals surface area contributed by atoms with Crippen molar-refractivity contribution in [2.75, 3.05) is 12.4 Å². The highest BCUT2D eigenvalue weighted by Gasteiger charge is 2.01. The molecule has 70 valence electrons. The van der Waals surface area contributed by atoms with Crippen LogP contribution in [0, 0.1) is 0 Å². The molecule has 0 saturated carbocycles. The number of carbonyl (C=O) groups is 1. The van der Waals surface area contributed by atoms with E-state index < -0.39 is 0 Å². The Hall–Kier alpha value is -1.65.